The second-order valence-electron chi connectivity index (χ2n) is 3.49. The SMILES string of the molecule is CCOc1ccc(F)cc1C(C)CCCl. The number of halogens is 2. The predicted molar refractivity (Wildman–Crippen MR) is 61.3 cm³/mol. The number of ether oxygens (including phenoxy) is 1. The summed E-state index contributed by atoms with van der Waals surface area (Å²) >= 11 is 5.68. The highest BCUT2D eigenvalue weighted by atomic mass is 35.5. The Bertz CT molecular complexity index is 314. The van der Waals surface area contributed by atoms with E-state index in [-0.39, 0.29) is 11.7 Å². The number of hydrogen-bond donors (Lipinski definition) is 0. The number of alkyl halides is 1. The van der Waals surface area contributed by atoms with E-state index in [1.807, 2.05) is 13.8 Å². The molecule has 0 aromatic heterocycles. The quantitative estimate of drug-likeness (QED) is 0.696. The second kappa shape index (κ2) is 5.96. The maximum atomic E-state index is 13.1. The van der Waals surface area contributed by atoms with Gasteiger partial charge in [-0.3, -0.25) is 0 Å². The van der Waals surface area contributed by atoms with Crippen molar-refractivity contribution in [3.63, 3.8) is 0 Å². The molecule has 0 heterocycles. The topological polar surface area (TPSA) is 9.23 Å². The van der Waals surface area contributed by atoms with Crippen LogP contribution < -0.4 is 4.74 Å². The molecule has 1 atom stereocenters. The Morgan fingerprint density at radius 1 is 1.47 bits per heavy atom. The lowest BCUT2D eigenvalue weighted by Crippen LogP contribution is -2.01. The van der Waals surface area contributed by atoms with Crippen LogP contribution in [0.2, 0.25) is 0 Å². The van der Waals surface area contributed by atoms with E-state index in [1.54, 1.807) is 6.07 Å². The van der Waals surface area contributed by atoms with Crippen LogP contribution in [0.3, 0.4) is 0 Å². The molecule has 0 N–H and O–H groups in total. The fraction of sp³-hybridized carbons (Fsp3) is 0.500. The van der Waals surface area contributed by atoms with Crippen molar-refractivity contribution in [3.05, 3.63) is 29.6 Å². The zero-order valence-corrected chi connectivity index (χ0v) is 9.85. The fourth-order valence-corrected chi connectivity index (χ4v) is 1.84. The molecule has 0 amide bonds. The van der Waals surface area contributed by atoms with Crippen molar-refractivity contribution in [2.75, 3.05) is 12.5 Å². The largest absolute Gasteiger partial charge is 0.494 e. The molecule has 3 heteroatoms. The van der Waals surface area contributed by atoms with E-state index in [2.05, 4.69) is 0 Å². The molecule has 15 heavy (non-hydrogen) atoms. The van der Waals surface area contributed by atoms with E-state index >= 15 is 0 Å². The van der Waals surface area contributed by atoms with Gasteiger partial charge >= 0.3 is 0 Å². The summed E-state index contributed by atoms with van der Waals surface area (Å²) in [6.45, 7) is 4.53. The van der Waals surface area contributed by atoms with Gasteiger partial charge in [-0.15, -0.1) is 11.6 Å². The highest BCUT2D eigenvalue weighted by molar-refractivity contribution is 6.17. The number of hydrogen-bond acceptors (Lipinski definition) is 1. The molecule has 0 aliphatic rings. The van der Waals surface area contributed by atoms with Crippen molar-refractivity contribution in [3.8, 4) is 5.75 Å². The number of rotatable bonds is 5. The minimum absolute atomic E-state index is 0.222. The van der Waals surface area contributed by atoms with Crippen molar-refractivity contribution in [2.45, 2.75) is 26.2 Å². The molecule has 0 radical (unpaired) electrons. The van der Waals surface area contributed by atoms with Gasteiger partial charge in [0.05, 0.1) is 6.61 Å². The van der Waals surface area contributed by atoms with Crippen LogP contribution in [0.5, 0.6) is 5.75 Å². The van der Waals surface area contributed by atoms with Crippen LogP contribution in [-0.4, -0.2) is 12.5 Å². The van der Waals surface area contributed by atoms with Crippen molar-refractivity contribution in [1.82, 2.24) is 0 Å². The highest BCUT2D eigenvalue weighted by Gasteiger charge is 2.12. The van der Waals surface area contributed by atoms with E-state index in [1.165, 1.54) is 12.1 Å². The molecule has 0 fully saturated rings. The van der Waals surface area contributed by atoms with Gasteiger partial charge < -0.3 is 4.74 Å². The summed E-state index contributed by atoms with van der Waals surface area (Å²) in [5.41, 5.74) is 0.900. The van der Waals surface area contributed by atoms with Crippen molar-refractivity contribution in [1.29, 1.82) is 0 Å². The fourth-order valence-electron chi connectivity index (χ4n) is 1.51. The molecular weight excluding hydrogens is 215 g/mol. The maximum absolute atomic E-state index is 13.1. The lowest BCUT2D eigenvalue weighted by atomic mass is 9.97. The molecule has 1 unspecified atom stereocenters. The monoisotopic (exact) mass is 230 g/mol. The predicted octanol–water partition coefficient (Wildman–Crippen LogP) is 3.96. The molecule has 0 saturated heterocycles. The smallest absolute Gasteiger partial charge is 0.123 e. The Balaban J connectivity index is 2.95. The van der Waals surface area contributed by atoms with Gasteiger partial charge in [-0.25, -0.2) is 4.39 Å². The zero-order chi connectivity index (χ0) is 11.3. The van der Waals surface area contributed by atoms with E-state index in [0.29, 0.717) is 12.5 Å². The Morgan fingerprint density at radius 2 is 2.20 bits per heavy atom. The molecule has 1 aromatic carbocycles. The summed E-state index contributed by atoms with van der Waals surface area (Å²) in [5, 5.41) is 0. The molecule has 0 saturated carbocycles. The average molecular weight is 231 g/mol. The summed E-state index contributed by atoms with van der Waals surface area (Å²) < 4.78 is 18.5. The van der Waals surface area contributed by atoms with Crippen LogP contribution >= 0.6 is 11.6 Å². The summed E-state index contributed by atoms with van der Waals surface area (Å²) in [7, 11) is 0. The molecule has 1 aromatic rings. The second-order valence-corrected chi connectivity index (χ2v) is 3.87. The summed E-state index contributed by atoms with van der Waals surface area (Å²) in [6, 6.07) is 4.63. The minimum atomic E-state index is -0.227. The van der Waals surface area contributed by atoms with Crippen LogP contribution in [0.1, 0.15) is 31.7 Å². The van der Waals surface area contributed by atoms with Gasteiger partial charge in [0.25, 0.3) is 0 Å². The first-order valence-corrected chi connectivity index (χ1v) is 5.70. The Kier molecular flexibility index (Phi) is 4.89. The van der Waals surface area contributed by atoms with Crippen LogP contribution in [-0.2, 0) is 0 Å². The zero-order valence-electron chi connectivity index (χ0n) is 9.09. The Labute approximate surface area is 95.2 Å². The van der Waals surface area contributed by atoms with E-state index in [0.717, 1.165) is 17.7 Å². The molecule has 1 rings (SSSR count). The first-order valence-electron chi connectivity index (χ1n) is 5.17. The van der Waals surface area contributed by atoms with Gasteiger partial charge in [-0.1, -0.05) is 6.92 Å². The van der Waals surface area contributed by atoms with Gasteiger partial charge in [0.1, 0.15) is 11.6 Å². The minimum Gasteiger partial charge on any atom is -0.494 e. The molecule has 0 spiro atoms. The molecule has 84 valence electrons. The third-order valence-electron chi connectivity index (χ3n) is 2.34. The van der Waals surface area contributed by atoms with Gasteiger partial charge in [0.15, 0.2) is 0 Å². The normalized spacial score (nSPS) is 12.5. The first-order chi connectivity index (χ1) is 7.19. The van der Waals surface area contributed by atoms with Crippen molar-refractivity contribution in [2.24, 2.45) is 0 Å². The highest BCUT2D eigenvalue weighted by Crippen LogP contribution is 2.29. The average Bonchev–Trinajstić information content (AvgIpc) is 2.21. The molecule has 0 aliphatic heterocycles. The van der Waals surface area contributed by atoms with Gasteiger partial charge in [-0.05, 0) is 43.0 Å². The van der Waals surface area contributed by atoms with E-state index in [4.69, 9.17) is 16.3 Å². The Hall–Kier alpha value is -0.760. The molecular formula is C12H16ClFO. The van der Waals surface area contributed by atoms with E-state index in [9.17, 15) is 4.39 Å². The standard InChI is InChI=1S/C12H16ClFO/c1-3-15-12-5-4-10(14)8-11(12)9(2)6-7-13/h4-5,8-9H,3,6-7H2,1-2H3. The van der Waals surface area contributed by atoms with Gasteiger partial charge in [0.2, 0.25) is 0 Å². The molecule has 0 aliphatic carbocycles. The maximum Gasteiger partial charge on any atom is 0.123 e. The van der Waals surface area contributed by atoms with Crippen molar-refractivity contribution >= 4 is 11.6 Å². The lowest BCUT2D eigenvalue weighted by Gasteiger charge is -2.15. The van der Waals surface area contributed by atoms with Crippen LogP contribution in [0.25, 0.3) is 0 Å². The van der Waals surface area contributed by atoms with Crippen LogP contribution in [0.15, 0.2) is 18.2 Å². The third-order valence-corrected chi connectivity index (χ3v) is 2.56. The third kappa shape index (κ3) is 3.38. The summed E-state index contributed by atoms with van der Waals surface area (Å²) in [6.07, 6.45) is 0.824. The summed E-state index contributed by atoms with van der Waals surface area (Å²) in [4.78, 5) is 0. The van der Waals surface area contributed by atoms with Crippen molar-refractivity contribution < 1.29 is 9.13 Å². The first kappa shape index (κ1) is 12.3. The lowest BCUT2D eigenvalue weighted by molar-refractivity contribution is 0.333. The Morgan fingerprint density at radius 3 is 2.80 bits per heavy atom. The van der Waals surface area contributed by atoms with Crippen LogP contribution in [0.4, 0.5) is 4.39 Å². The van der Waals surface area contributed by atoms with Crippen LogP contribution in [0, 0.1) is 5.82 Å². The number of benzene rings is 1. The van der Waals surface area contributed by atoms with E-state index < -0.39 is 0 Å². The summed E-state index contributed by atoms with van der Waals surface area (Å²) in [5.74, 6) is 1.33. The van der Waals surface area contributed by atoms with Gasteiger partial charge in [-0.2, -0.15) is 0 Å². The van der Waals surface area contributed by atoms with Gasteiger partial charge in [0, 0.05) is 5.88 Å². The molecule has 1 nitrogen and oxygen atoms in total. The molecule has 0 bridgehead atoms.